The quantitative estimate of drug-likeness (QED) is 0.0828. The van der Waals surface area contributed by atoms with E-state index in [-0.39, 0.29) is 0 Å². The van der Waals surface area contributed by atoms with Crippen molar-refractivity contribution in [1.29, 1.82) is 0 Å². The SMILES string of the molecule is c1ccc(-c2ccc(-c3cc(-c4ccc(-c5cccnc5)cc4)nc(-c4ccc(-c5cccc6ccccc56)cc4)n3)cc2)cc1.c1ccc(-c2ccc(-c3cc(-c4cccc(-c5cccnc5)c4)nc(-c4ccc(-c5ccc6ccccc6c5)cc4)n3)cc2)cc1.c1ccc(-c2ccc(-c3cc(-c4cccc(-c5cccnc5)c4)nc(-c4ccc(-c5cccc6ccccc56)cc4)n3)cc2)cc1. The molecule has 0 N–H and O–H groups in total. The van der Waals surface area contributed by atoms with Gasteiger partial charge in [0.25, 0.3) is 0 Å². The molecule has 24 rings (SSSR count). The summed E-state index contributed by atoms with van der Waals surface area (Å²) in [5, 5.41) is 7.42. The van der Waals surface area contributed by atoms with Gasteiger partial charge in [0.2, 0.25) is 0 Å². The minimum Gasteiger partial charge on any atom is -0.264 e. The average Bonchev–Trinajstić information content (AvgIpc) is 0.799. The topological polar surface area (TPSA) is 116 Å². The fraction of sp³-hybridized carbons (Fsp3) is 0. The van der Waals surface area contributed by atoms with E-state index in [1.165, 1.54) is 88.0 Å². The third-order valence-electron chi connectivity index (χ3n) is 25.2. The molecule has 0 aliphatic carbocycles. The van der Waals surface area contributed by atoms with Gasteiger partial charge in [-0.15, -0.1) is 0 Å². The van der Waals surface area contributed by atoms with Crippen LogP contribution in [-0.2, 0) is 0 Å². The van der Waals surface area contributed by atoms with Crippen LogP contribution in [0.3, 0.4) is 0 Å². The van der Waals surface area contributed by atoms with Crippen molar-refractivity contribution < 1.29 is 0 Å². The number of benzene rings is 18. The van der Waals surface area contributed by atoms with Gasteiger partial charge in [-0.2, -0.15) is 0 Å². The lowest BCUT2D eigenvalue weighted by Gasteiger charge is -2.12. The highest BCUT2D eigenvalue weighted by Gasteiger charge is 2.19. The molecular weight excluding hydrogens is 1680 g/mol. The minimum atomic E-state index is 0.691. The van der Waals surface area contributed by atoms with Gasteiger partial charge in [0.05, 0.1) is 34.2 Å². The van der Waals surface area contributed by atoms with Crippen molar-refractivity contribution in [1.82, 2.24) is 44.9 Å². The van der Waals surface area contributed by atoms with Gasteiger partial charge in [-0.3, -0.25) is 15.0 Å². The van der Waals surface area contributed by atoms with Crippen LogP contribution in [0.4, 0.5) is 0 Å². The monoisotopic (exact) mass is 1760 g/mol. The van der Waals surface area contributed by atoms with Gasteiger partial charge < -0.3 is 0 Å². The third kappa shape index (κ3) is 19.0. The highest BCUT2D eigenvalue weighted by molar-refractivity contribution is 5.99. The van der Waals surface area contributed by atoms with E-state index in [2.05, 4.69) is 470 Å². The van der Waals surface area contributed by atoms with Gasteiger partial charge in [-0.1, -0.05) is 437 Å². The molecule has 0 saturated heterocycles. The zero-order valence-electron chi connectivity index (χ0n) is 75.3. The number of pyridine rings is 3. The van der Waals surface area contributed by atoms with Crippen molar-refractivity contribution in [2.45, 2.75) is 0 Å². The van der Waals surface area contributed by atoms with Crippen LogP contribution in [0.2, 0.25) is 0 Å². The molecule has 0 unspecified atom stereocenters. The van der Waals surface area contributed by atoms with Crippen LogP contribution >= 0.6 is 0 Å². The van der Waals surface area contributed by atoms with E-state index in [0.717, 1.165) is 129 Å². The second-order valence-electron chi connectivity index (χ2n) is 34.0. The van der Waals surface area contributed by atoms with E-state index in [0.29, 0.717) is 17.5 Å². The molecule has 0 aliphatic rings. The molecule has 24 aromatic rings. The standard InChI is InChI=1S/3C43H29N3/c1-2-9-30(10-3-1)31-18-22-34(23-19-31)41-28-42(37-14-6-13-36(27-37)38-15-8-26-44-29-38)46-43(45-41)35-24-20-33(21-25-35)40-17-7-12-32-11-4-5-16-39(32)40;1-2-8-30(9-3-1)31-15-21-35(22-16-31)41-28-42(36-23-17-32(18-24-36)38-12-7-27-44-29-38)46-43(45-41)37-25-19-34(20-26-37)40-14-6-11-33-10-4-5-13-39(33)40;1-2-8-30(9-3-1)32-15-20-34(21-16-32)41-28-42(39-13-6-12-37(27-39)40-14-7-25-44-29-40)46-43(45-41)35-22-17-33(18-23-35)38-24-19-31-10-4-5-11-36(31)26-38/h3*1-29H. The summed E-state index contributed by atoms with van der Waals surface area (Å²) >= 11 is 0. The predicted octanol–water partition coefficient (Wildman–Crippen LogP) is 33.1. The first kappa shape index (κ1) is 84.9. The van der Waals surface area contributed by atoms with Gasteiger partial charge in [0, 0.05) is 98.4 Å². The zero-order chi connectivity index (χ0) is 92.1. The van der Waals surface area contributed by atoms with E-state index >= 15 is 0 Å². The Labute approximate surface area is 802 Å². The molecule has 0 radical (unpaired) electrons. The number of hydrogen-bond donors (Lipinski definition) is 0. The van der Waals surface area contributed by atoms with Crippen molar-refractivity contribution in [3.63, 3.8) is 0 Å². The number of aromatic nitrogens is 9. The Hall–Kier alpha value is -18.6. The van der Waals surface area contributed by atoms with Gasteiger partial charge in [0.1, 0.15) is 0 Å². The number of nitrogens with zero attached hydrogens (tertiary/aromatic N) is 9. The molecule has 6 aromatic heterocycles. The van der Waals surface area contributed by atoms with Crippen LogP contribution in [0.15, 0.2) is 529 Å². The molecular formula is C129H87N9. The van der Waals surface area contributed by atoms with Crippen LogP contribution in [0.1, 0.15) is 0 Å². The van der Waals surface area contributed by atoms with Crippen molar-refractivity contribution >= 4 is 32.3 Å². The second-order valence-corrected chi connectivity index (χ2v) is 34.0. The lowest BCUT2D eigenvalue weighted by atomic mass is 9.97. The summed E-state index contributed by atoms with van der Waals surface area (Å²) < 4.78 is 0. The van der Waals surface area contributed by atoms with Gasteiger partial charge in [-0.25, -0.2) is 29.9 Å². The van der Waals surface area contributed by atoms with E-state index in [4.69, 9.17) is 29.9 Å². The molecule has 6 heterocycles. The Balaban J connectivity index is 0.000000119. The Morgan fingerprint density at radius 1 is 0.116 bits per heavy atom. The van der Waals surface area contributed by atoms with Crippen LogP contribution in [0, 0.1) is 0 Å². The normalized spacial score (nSPS) is 11.0. The Morgan fingerprint density at radius 3 is 0.688 bits per heavy atom. The number of hydrogen-bond acceptors (Lipinski definition) is 9. The summed E-state index contributed by atoms with van der Waals surface area (Å²) in [6.45, 7) is 0. The van der Waals surface area contributed by atoms with Crippen molar-refractivity contribution in [2.75, 3.05) is 0 Å². The summed E-state index contributed by atoms with van der Waals surface area (Å²) in [6.07, 6.45) is 11.1. The first-order valence-corrected chi connectivity index (χ1v) is 46.3. The summed E-state index contributed by atoms with van der Waals surface area (Å²) in [4.78, 5) is 43.6. The van der Waals surface area contributed by atoms with Crippen LogP contribution in [0.5, 0.6) is 0 Å². The van der Waals surface area contributed by atoms with Gasteiger partial charge >= 0.3 is 0 Å². The summed E-state index contributed by atoms with van der Waals surface area (Å²) in [5.74, 6) is 2.08. The molecule has 9 heteroatoms. The zero-order valence-corrected chi connectivity index (χ0v) is 75.3. The molecule has 138 heavy (non-hydrogen) atoms. The largest absolute Gasteiger partial charge is 0.264 e. The second kappa shape index (κ2) is 39.5. The van der Waals surface area contributed by atoms with E-state index in [1.54, 1.807) is 18.6 Å². The Kier molecular flexibility index (Phi) is 24.3. The van der Waals surface area contributed by atoms with Crippen LogP contribution in [-0.4, -0.2) is 44.9 Å². The van der Waals surface area contributed by atoms with Crippen LogP contribution < -0.4 is 0 Å². The van der Waals surface area contributed by atoms with Crippen molar-refractivity contribution in [3.8, 4) is 202 Å². The molecule has 0 atom stereocenters. The molecule has 9 nitrogen and oxygen atoms in total. The molecule has 0 amide bonds. The maximum absolute atomic E-state index is 5.12. The van der Waals surface area contributed by atoms with Gasteiger partial charge in [0.15, 0.2) is 17.5 Å². The Bertz CT molecular complexity index is 8270. The molecule has 0 aliphatic heterocycles. The van der Waals surface area contributed by atoms with E-state index in [1.807, 2.05) is 55.0 Å². The average molecular weight is 1760 g/mol. The highest BCUT2D eigenvalue weighted by atomic mass is 14.9. The fourth-order valence-electron chi connectivity index (χ4n) is 17.9. The third-order valence-corrected chi connectivity index (χ3v) is 25.2. The maximum Gasteiger partial charge on any atom is 0.160 e. The predicted molar refractivity (Wildman–Crippen MR) is 570 cm³/mol. The molecule has 0 bridgehead atoms. The van der Waals surface area contributed by atoms with Crippen LogP contribution in [0.25, 0.3) is 234 Å². The van der Waals surface area contributed by atoms with Gasteiger partial charge in [-0.05, 0) is 176 Å². The Morgan fingerprint density at radius 2 is 0.341 bits per heavy atom. The number of fused-ring (bicyclic) bond motifs is 3. The summed E-state index contributed by atoms with van der Waals surface area (Å²) in [6, 6.07) is 172. The molecule has 648 valence electrons. The lowest BCUT2D eigenvalue weighted by Crippen LogP contribution is -1.96. The molecule has 0 fully saturated rings. The van der Waals surface area contributed by atoms with E-state index in [9.17, 15) is 0 Å². The van der Waals surface area contributed by atoms with E-state index < -0.39 is 0 Å². The number of rotatable bonds is 18. The molecule has 18 aromatic carbocycles. The van der Waals surface area contributed by atoms with Crippen molar-refractivity contribution in [3.05, 3.63) is 529 Å². The fourth-order valence-corrected chi connectivity index (χ4v) is 17.9. The highest BCUT2D eigenvalue weighted by Crippen LogP contribution is 2.40. The smallest absolute Gasteiger partial charge is 0.160 e. The first-order valence-electron chi connectivity index (χ1n) is 46.3. The summed E-state index contributed by atoms with van der Waals surface area (Å²) in [7, 11) is 0. The maximum atomic E-state index is 5.12. The first-order chi connectivity index (χ1) is 68.3. The van der Waals surface area contributed by atoms with Crippen molar-refractivity contribution in [2.24, 2.45) is 0 Å². The molecule has 0 spiro atoms. The lowest BCUT2D eigenvalue weighted by molar-refractivity contribution is 1.18. The molecule has 0 saturated carbocycles. The summed E-state index contributed by atoms with van der Waals surface area (Å²) in [5.41, 5.74) is 35.1. The minimum absolute atomic E-state index is 0.691.